The zero-order valence-electron chi connectivity index (χ0n) is 12.6. The maximum atomic E-state index is 12.4. The van der Waals surface area contributed by atoms with E-state index < -0.39 is 6.10 Å². The predicted molar refractivity (Wildman–Crippen MR) is 87.1 cm³/mol. The van der Waals surface area contributed by atoms with Crippen LogP contribution in [0.4, 0.5) is 5.82 Å². The van der Waals surface area contributed by atoms with Crippen molar-refractivity contribution < 1.29 is 9.53 Å². The summed E-state index contributed by atoms with van der Waals surface area (Å²) in [5, 5.41) is 7.18. The van der Waals surface area contributed by atoms with Crippen molar-refractivity contribution in [2.45, 2.75) is 25.0 Å². The molecule has 0 saturated carbocycles. The van der Waals surface area contributed by atoms with E-state index in [2.05, 4.69) is 10.4 Å². The number of amides is 1. The number of carbonyl (C=O) groups excluding carboxylic acids is 1. The number of nitrogens with zero attached hydrogens (tertiary/aromatic N) is 2. The summed E-state index contributed by atoms with van der Waals surface area (Å²) in [6.07, 6.45) is 2.99. The standard InChI is InChI=1S/C18H17N3O2/c22-18(19-17-12-14-8-4-5-11-21(14)20-17)16-10-9-15(23-16)13-6-2-1-3-7-13/h1-8,11-12,15-16H,9-10H2,(H,19,20,22)/t15-,16+/m0/s1. The molecule has 116 valence electrons. The fraction of sp³-hybridized carbons (Fsp3) is 0.222. The summed E-state index contributed by atoms with van der Waals surface area (Å²) in [5.41, 5.74) is 2.06. The molecular weight excluding hydrogens is 290 g/mol. The number of aromatic nitrogens is 2. The average molecular weight is 307 g/mol. The van der Waals surface area contributed by atoms with Crippen LogP contribution in [0.5, 0.6) is 0 Å². The molecule has 5 heteroatoms. The van der Waals surface area contributed by atoms with Crippen molar-refractivity contribution in [2.75, 3.05) is 5.32 Å². The number of benzene rings is 1. The van der Waals surface area contributed by atoms with E-state index in [-0.39, 0.29) is 12.0 Å². The summed E-state index contributed by atoms with van der Waals surface area (Å²) >= 11 is 0. The third kappa shape index (κ3) is 2.83. The van der Waals surface area contributed by atoms with Gasteiger partial charge in [-0.05, 0) is 30.5 Å². The Morgan fingerprint density at radius 3 is 2.78 bits per heavy atom. The minimum atomic E-state index is -0.426. The van der Waals surface area contributed by atoms with Gasteiger partial charge in [-0.25, -0.2) is 4.52 Å². The first kappa shape index (κ1) is 14.0. The lowest BCUT2D eigenvalue weighted by Crippen LogP contribution is -2.27. The molecule has 4 rings (SSSR count). The number of fused-ring (bicyclic) bond motifs is 1. The SMILES string of the molecule is O=C(Nc1cc2ccccn2n1)[C@H]1CC[C@@H](c2ccccc2)O1. The third-order valence-electron chi connectivity index (χ3n) is 4.10. The number of hydrogen-bond acceptors (Lipinski definition) is 3. The molecule has 23 heavy (non-hydrogen) atoms. The van der Waals surface area contributed by atoms with Gasteiger partial charge in [0.25, 0.3) is 5.91 Å². The molecule has 2 aromatic heterocycles. The quantitative estimate of drug-likeness (QED) is 0.808. The molecule has 0 unspecified atom stereocenters. The molecule has 1 saturated heterocycles. The second-order valence-corrected chi connectivity index (χ2v) is 5.69. The third-order valence-corrected chi connectivity index (χ3v) is 4.10. The van der Waals surface area contributed by atoms with E-state index in [0.717, 1.165) is 23.9 Å². The van der Waals surface area contributed by atoms with Gasteiger partial charge in [0.05, 0.1) is 11.6 Å². The second-order valence-electron chi connectivity index (χ2n) is 5.69. The first-order valence-corrected chi connectivity index (χ1v) is 7.75. The zero-order chi connectivity index (χ0) is 15.6. The van der Waals surface area contributed by atoms with Gasteiger partial charge in [-0.1, -0.05) is 36.4 Å². The van der Waals surface area contributed by atoms with Crippen molar-refractivity contribution in [2.24, 2.45) is 0 Å². The van der Waals surface area contributed by atoms with Gasteiger partial charge in [0.2, 0.25) is 0 Å². The van der Waals surface area contributed by atoms with Crippen LogP contribution in [0.15, 0.2) is 60.8 Å². The molecule has 1 amide bonds. The van der Waals surface area contributed by atoms with Crippen molar-refractivity contribution in [3.8, 4) is 0 Å². The van der Waals surface area contributed by atoms with E-state index in [1.807, 2.05) is 60.8 Å². The van der Waals surface area contributed by atoms with Gasteiger partial charge in [0.15, 0.2) is 5.82 Å². The number of ether oxygens (including phenoxy) is 1. The largest absolute Gasteiger partial charge is 0.360 e. The minimum Gasteiger partial charge on any atom is -0.360 e. The molecule has 3 aromatic rings. The lowest BCUT2D eigenvalue weighted by molar-refractivity contribution is -0.126. The summed E-state index contributed by atoms with van der Waals surface area (Å²) in [6, 6.07) is 17.7. The van der Waals surface area contributed by atoms with Crippen LogP contribution in [0.25, 0.3) is 5.52 Å². The van der Waals surface area contributed by atoms with E-state index in [1.54, 1.807) is 4.52 Å². The Morgan fingerprint density at radius 1 is 1.13 bits per heavy atom. The summed E-state index contributed by atoms with van der Waals surface area (Å²) in [5.74, 6) is 0.416. The molecule has 1 fully saturated rings. The Bertz CT molecular complexity index is 795. The maximum Gasteiger partial charge on any atom is 0.254 e. The molecule has 0 bridgehead atoms. The maximum absolute atomic E-state index is 12.4. The highest BCUT2D eigenvalue weighted by Gasteiger charge is 2.31. The van der Waals surface area contributed by atoms with Crippen LogP contribution in [0, 0.1) is 0 Å². The van der Waals surface area contributed by atoms with Crippen molar-refractivity contribution in [1.82, 2.24) is 9.61 Å². The Balaban J connectivity index is 1.43. The number of rotatable bonds is 3. The van der Waals surface area contributed by atoms with Crippen LogP contribution in [-0.4, -0.2) is 21.6 Å². The van der Waals surface area contributed by atoms with Crippen LogP contribution < -0.4 is 5.32 Å². The Labute approximate surface area is 133 Å². The Kier molecular flexibility index (Phi) is 3.55. The number of hydrogen-bond donors (Lipinski definition) is 1. The number of nitrogens with one attached hydrogen (secondary N) is 1. The van der Waals surface area contributed by atoms with Crippen molar-refractivity contribution in [3.05, 3.63) is 66.4 Å². The van der Waals surface area contributed by atoms with E-state index in [1.165, 1.54) is 0 Å². The summed E-state index contributed by atoms with van der Waals surface area (Å²) in [4.78, 5) is 12.4. The summed E-state index contributed by atoms with van der Waals surface area (Å²) in [6.45, 7) is 0. The van der Waals surface area contributed by atoms with Gasteiger partial charge in [-0.15, -0.1) is 0 Å². The molecule has 1 aliphatic rings. The fourth-order valence-electron chi connectivity index (χ4n) is 2.95. The van der Waals surface area contributed by atoms with Crippen LogP contribution in [0.3, 0.4) is 0 Å². The normalized spacial score (nSPS) is 20.7. The highest BCUT2D eigenvalue weighted by atomic mass is 16.5. The molecule has 5 nitrogen and oxygen atoms in total. The van der Waals surface area contributed by atoms with Gasteiger partial charge in [0, 0.05) is 12.3 Å². The van der Waals surface area contributed by atoms with Crippen LogP contribution in [0.1, 0.15) is 24.5 Å². The van der Waals surface area contributed by atoms with Crippen LogP contribution in [0.2, 0.25) is 0 Å². The van der Waals surface area contributed by atoms with Crippen LogP contribution in [-0.2, 0) is 9.53 Å². The summed E-state index contributed by atoms with van der Waals surface area (Å²) in [7, 11) is 0. The highest BCUT2D eigenvalue weighted by molar-refractivity contribution is 5.94. The minimum absolute atomic E-state index is 0.00646. The lowest BCUT2D eigenvalue weighted by Gasteiger charge is -2.13. The first-order chi connectivity index (χ1) is 11.3. The van der Waals surface area contributed by atoms with E-state index in [9.17, 15) is 4.79 Å². The van der Waals surface area contributed by atoms with Crippen molar-refractivity contribution >= 4 is 17.2 Å². The monoisotopic (exact) mass is 307 g/mol. The first-order valence-electron chi connectivity index (χ1n) is 7.75. The molecule has 3 heterocycles. The zero-order valence-corrected chi connectivity index (χ0v) is 12.6. The molecule has 1 N–H and O–H groups in total. The molecule has 1 aromatic carbocycles. The molecule has 2 atom stereocenters. The number of pyridine rings is 1. The molecule has 1 aliphatic heterocycles. The van der Waals surface area contributed by atoms with E-state index in [4.69, 9.17) is 4.74 Å². The van der Waals surface area contributed by atoms with Gasteiger partial charge in [-0.2, -0.15) is 5.10 Å². The second kappa shape index (κ2) is 5.85. The fourth-order valence-corrected chi connectivity index (χ4v) is 2.95. The number of anilines is 1. The molecule has 0 aliphatic carbocycles. The smallest absolute Gasteiger partial charge is 0.254 e. The summed E-state index contributed by atoms with van der Waals surface area (Å²) < 4.78 is 7.64. The topological polar surface area (TPSA) is 55.6 Å². The average Bonchev–Trinajstić information content (AvgIpc) is 3.22. The van der Waals surface area contributed by atoms with Gasteiger partial charge < -0.3 is 10.1 Å². The number of carbonyl (C=O) groups is 1. The molecule has 0 spiro atoms. The lowest BCUT2D eigenvalue weighted by atomic mass is 10.1. The van der Waals surface area contributed by atoms with Crippen molar-refractivity contribution in [3.63, 3.8) is 0 Å². The van der Waals surface area contributed by atoms with Crippen molar-refractivity contribution in [1.29, 1.82) is 0 Å². The Hall–Kier alpha value is -2.66. The molecular formula is C18H17N3O2. The highest BCUT2D eigenvalue weighted by Crippen LogP contribution is 2.32. The van der Waals surface area contributed by atoms with Gasteiger partial charge >= 0.3 is 0 Å². The van der Waals surface area contributed by atoms with Gasteiger partial charge in [-0.3, -0.25) is 4.79 Å². The van der Waals surface area contributed by atoms with E-state index >= 15 is 0 Å². The van der Waals surface area contributed by atoms with Gasteiger partial charge in [0.1, 0.15) is 6.10 Å². The molecule has 0 radical (unpaired) electrons. The van der Waals surface area contributed by atoms with E-state index in [0.29, 0.717) is 5.82 Å². The predicted octanol–water partition coefficient (Wildman–Crippen LogP) is 3.19. The van der Waals surface area contributed by atoms with Crippen LogP contribution >= 0.6 is 0 Å². The Morgan fingerprint density at radius 2 is 1.96 bits per heavy atom.